The van der Waals surface area contributed by atoms with Crippen LogP contribution in [0.25, 0.3) is 11.8 Å². The number of carbonyl (C=O) groups excluding carboxylic acids is 2. The molecule has 1 fully saturated rings. The summed E-state index contributed by atoms with van der Waals surface area (Å²) in [6, 6.07) is 12.7. The van der Waals surface area contributed by atoms with Crippen LogP contribution in [0.15, 0.2) is 59.8 Å². The smallest absolute Gasteiger partial charge is 0.298 e. The molecule has 1 saturated heterocycles. The minimum Gasteiger partial charge on any atom is -0.316 e. The zero-order valence-corrected chi connectivity index (χ0v) is 16.8. The Labute approximate surface area is 171 Å². The summed E-state index contributed by atoms with van der Waals surface area (Å²) in [7, 11) is 0. The lowest BCUT2D eigenvalue weighted by Crippen LogP contribution is -2.27. The average molecular weight is 410 g/mol. The number of amides is 2. The number of para-hydroxylation sites is 1. The number of hydrogen-bond donors (Lipinski definition) is 0. The second kappa shape index (κ2) is 7.30. The fourth-order valence-corrected chi connectivity index (χ4v) is 4.31. The molecule has 0 bridgehead atoms. The number of aryl methyl sites for hydroxylation is 1. The van der Waals surface area contributed by atoms with Crippen LogP contribution in [-0.4, -0.2) is 20.7 Å². The zero-order chi connectivity index (χ0) is 19.8. The minimum absolute atomic E-state index is 0.356. The van der Waals surface area contributed by atoms with Gasteiger partial charge in [0, 0.05) is 17.6 Å². The summed E-state index contributed by atoms with van der Waals surface area (Å²) in [6.45, 7) is 3.97. The molecular weight excluding hydrogens is 394 g/mol. The molecule has 1 aromatic carbocycles. The van der Waals surface area contributed by atoms with Crippen LogP contribution in [0.4, 0.5) is 10.5 Å². The van der Waals surface area contributed by atoms with Crippen molar-refractivity contribution >= 4 is 46.3 Å². The van der Waals surface area contributed by atoms with Gasteiger partial charge in [-0.15, -0.1) is 0 Å². The quantitative estimate of drug-likeness (QED) is 0.544. The molecule has 140 valence electrons. The first-order valence-corrected chi connectivity index (χ1v) is 9.78. The van der Waals surface area contributed by atoms with E-state index in [1.165, 1.54) is 0 Å². The van der Waals surface area contributed by atoms with E-state index in [4.69, 9.17) is 11.6 Å². The monoisotopic (exact) mass is 409 g/mol. The number of nitrogens with zero attached hydrogens (tertiary/aromatic N) is 3. The van der Waals surface area contributed by atoms with Crippen molar-refractivity contribution in [2.75, 3.05) is 4.90 Å². The Bertz CT molecular complexity index is 1120. The Morgan fingerprint density at radius 3 is 2.61 bits per heavy atom. The zero-order valence-electron chi connectivity index (χ0n) is 15.2. The van der Waals surface area contributed by atoms with Crippen molar-refractivity contribution in [2.45, 2.75) is 13.8 Å². The van der Waals surface area contributed by atoms with Crippen molar-refractivity contribution in [1.82, 2.24) is 9.55 Å². The molecule has 0 N–H and O–H groups in total. The Hall–Kier alpha value is -2.83. The van der Waals surface area contributed by atoms with Gasteiger partial charge in [-0.05, 0) is 67.6 Å². The van der Waals surface area contributed by atoms with Gasteiger partial charge in [0.15, 0.2) is 0 Å². The molecule has 5 nitrogen and oxygen atoms in total. The van der Waals surface area contributed by atoms with Crippen LogP contribution in [0.1, 0.15) is 17.0 Å². The van der Waals surface area contributed by atoms with Crippen LogP contribution in [0, 0.1) is 13.8 Å². The van der Waals surface area contributed by atoms with Crippen molar-refractivity contribution in [3.63, 3.8) is 0 Å². The van der Waals surface area contributed by atoms with Gasteiger partial charge in [-0.3, -0.25) is 14.6 Å². The van der Waals surface area contributed by atoms with Crippen LogP contribution in [-0.2, 0) is 4.79 Å². The van der Waals surface area contributed by atoms with Gasteiger partial charge in [0.1, 0.15) is 0 Å². The highest BCUT2D eigenvalue weighted by molar-refractivity contribution is 8.19. The lowest BCUT2D eigenvalue weighted by molar-refractivity contribution is -0.113. The SMILES string of the molecule is Cc1cc(/C=C2/SC(=O)N(c3ccccc3Cl)C2=O)c(C)n1-c1cccnc1. The molecule has 0 saturated carbocycles. The van der Waals surface area contributed by atoms with Crippen molar-refractivity contribution < 1.29 is 9.59 Å². The van der Waals surface area contributed by atoms with Crippen LogP contribution in [0.2, 0.25) is 5.02 Å². The normalized spacial score (nSPS) is 15.7. The van der Waals surface area contributed by atoms with Gasteiger partial charge >= 0.3 is 0 Å². The number of imide groups is 1. The van der Waals surface area contributed by atoms with E-state index in [0.717, 1.165) is 39.3 Å². The standard InChI is InChI=1S/C21H16ClN3O2S/c1-13-10-15(14(2)24(13)16-6-5-9-23-12-16)11-19-20(26)25(21(27)28-19)18-8-4-3-7-17(18)22/h3-12H,1-2H3/b19-11+. The molecule has 0 atom stereocenters. The maximum Gasteiger partial charge on any atom is 0.298 e. The molecule has 1 aliphatic heterocycles. The van der Waals surface area contributed by atoms with Crippen LogP contribution < -0.4 is 4.90 Å². The van der Waals surface area contributed by atoms with Gasteiger partial charge in [-0.25, -0.2) is 4.90 Å². The molecule has 1 aliphatic rings. The van der Waals surface area contributed by atoms with Gasteiger partial charge in [-0.2, -0.15) is 0 Å². The third-order valence-corrected chi connectivity index (χ3v) is 5.74. The van der Waals surface area contributed by atoms with E-state index in [2.05, 4.69) is 9.55 Å². The molecule has 0 spiro atoms. The van der Waals surface area contributed by atoms with Gasteiger partial charge in [0.2, 0.25) is 0 Å². The summed E-state index contributed by atoms with van der Waals surface area (Å²) in [5.74, 6) is -0.366. The number of hydrogen-bond acceptors (Lipinski definition) is 4. The van der Waals surface area contributed by atoms with E-state index in [1.54, 1.807) is 42.7 Å². The van der Waals surface area contributed by atoms with Crippen LogP contribution in [0.3, 0.4) is 0 Å². The van der Waals surface area contributed by atoms with E-state index in [0.29, 0.717) is 15.6 Å². The third-order valence-electron chi connectivity index (χ3n) is 4.55. The second-order valence-electron chi connectivity index (χ2n) is 6.34. The molecule has 3 aromatic rings. The maximum atomic E-state index is 12.9. The number of aromatic nitrogens is 2. The lowest BCUT2D eigenvalue weighted by Gasteiger charge is -2.13. The first kappa shape index (κ1) is 18.5. The van der Waals surface area contributed by atoms with Crippen molar-refractivity contribution in [1.29, 1.82) is 0 Å². The molecule has 0 unspecified atom stereocenters. The molecule has 4 rings (SSSR count). The molecule has 0 aliphatic carbocycles. The molecule has 0 radical (unpaired) electrons. The Balaban J connectivity index is 1.72. The summed E-state index contributed by atoms with van der Waals surface area (Å²) < 4.78 is 2.07. The molecule has 2 aromatic heterocycles. The van der Waals surface area contributed by atoms with Gasteiger partial charge in [0.05, 0.1) is 27.5 Å². The van der Waals surface area contributed by atoms with Crippen LogP contribution >= 0.6 is 23.4 Å². The van der Waals surface area contributed by atoms with E-state index >= 15 is 0 Å². The third kappa shape index (κ3) is 3.15. The molecule has 7 heteroatoms. The van der Waals surface area contributed by atoms with Gasteiger partial charge in [-0.1, -0.05) is 23.7 Å². The number of benzene rings is 1. The number of thioether (sulfide) groups is 1. The average Bonchev–Trinajstić information content (AvgIpc) is 3.12. The molecule has 3 heterocycles. The lowest BCUT2D eigenvalue weighted by atomic mass is 10.2. The van der Waals surface area contributed by atoms with E-state index < -0.39 is 0 Å². The highest BCUT2D eigenvalue weighted by Crippen LogP contribution is 2.39. The van der Waals surface area contributed by atoms with E-state index in [9.17, 15) is 9.59 Å². The van der Waals surface area contributed by atoms with Crippen molar-refractivity contribution in [2.24, 2.45) is 0 Å². The fourth-order valence-electron chi connectivity index (χ4n) is 3.27. The first-order chi connectivity index (χ1) is 13.5. The molecular formula is C21H16ClN3O2S. The highest BCUT2D eigenvalue weighted by atomic mass is 35.5. The van der Waals surface area contributed by atoms with Crippen molar-refractivity contribution in [3.8, 4) is 5.69 Å². The number of rotatable bonds is 3. The molecule has 28 heavy (non-hydrogen) atoms. The van der Waals surface area contributed by atoms with Gasteiger partial charge in [0.25, 0.3) is 11.1 Å². The minimum atomic E-state index is -0.366. The maximum absolute atomic E-state index is 12.9. The predicted octanol–water partition coefficient (Wildman–Crippen LogP) is 5.38. The summed E-state index contributed by atoms with van der Waals surface area (Å²) in [5, 5.41) is 0.00576. The topological polar surface area (TPSA) is 55.2 Å². The van der Waals surface area contributed by atoms with E-state index in [1.807, 2.05) is 32.0 Å². The second-order valence-corrected chi connectivity index (χ2v) is 7.74. The largest absolute Gasteiger partial charge is 0.316 e. The summed E-state index contributed by atoms with van der Waals surface area (Å²) in [6.07, 6.45) is 5.27. The molecule has 2 amide bonds. The Morgan fingerprint density at radius 1 is 1.11 bits per heavy atom. The first-order valence-electron chi connectivity index (χ1n) is 8.59. The van der Waals surface area contributed by atoms with Crippen LogP contribution in [0.5, 0.6) is 0 Å². The summed E-state index contributed by atoms with van der Waals surface area (Å²) >= 11 is 7.09. The highest BCUT2D eigenvalue weighted by Gasteiger charge is 2.37. The van der Waals surface area contributed by atoms with E-state index in [-0.39, 0.29) is 11.1 Å². The van der Waals surface area contributed by atoms with Gasteiger partial charge < -0.3 is 4.57 Å². The number of pyridine rings is 1. The Kier molecular flexibility index (Phi) is 4.83. The summed E-state index contributed by atoms with van der Waals surface area (Å²) in [5.41, 5.74) is 4.21. The summed E-state index contributed by atoms with van der Waals surface area (Å²) in [4.78, 5) is 31.0. The number of halogens is 1. The Morgan fingerprint density at radius 2 is 1.89 bits per heavy atom. The fraction of sp³-hybridized carbons (Fsp3) is 0.0952. The van der Waals surface area contributed by atoms with Crippen molar-refractivity contribution in [3.05, 3.63) is 81.7 Å². The number of carbonyl (C=O) groups is 2. The predicted molar refractivity (Wildman–Crippen MR) is 113 cm³/mol. The number of anilines is 1.